The van der Waals surface area contributed by atoms with Crippen LogP contribution in [0.4, 0.5) is 0 Å². The third-order valence-corrected chi connectivity index (χ3v) is 4.41. The molecule has 0 aliphatic carbocycles. The minimum Gasteiger partial charge on any atom is -0.241 e. The van der Waals surface area contributed by atoms with Crippen molar-refractivity contribution >= 4 is 0 Å². The molecule has 0 radical (unpaired) electrons. The third kappa shape index (κ3) is 2.33. The lowest BCUT2D eigenvalue weighted by molar-refractivity contribution is 0.830. The standard InChI is InChI=1S/C20H16N4/c1-3-15-11-17-8-10-24(22-17)20-6-2-4-16(14-20)12-18-7-9-23(21-18)19(5-1)13-15/h1-10,13-14H,11-12H2. The maximum atomic E-state index is 4.74. The number of hydrogen-bond donors (Lipinski definition) is 0. The SMILES string of the molecule is c1cc2cc(c1)-n1ccc(n1)Cc1cccc(c1)-n1ccc(n1)C2. The fourth-order valence-electron chi connectivity index (χ4n) is 3.24. The summed E-state index contributed by atoms with van der Waals surface area (Å²) < 4.78 is 3.90. The van der Waals surface area contributed by atoms with Gasteiger partial charge in [0.15, 0.2) is 0 Å². The van der Waals surface area contributed by atoms with E-state index in [1.807, 2.05) is 21.8 Å². The van der Waals surface area contributed by atoms with E-state index in [4.69, 9.17) is 10.2 Å². The Labute approximate surface area is 140 Å². The Kier molecular flexibility index (Phi) is 2.88. The van der Waals surface area contributed by atoms with Gasteiger partial charge in [0.05, 0.1) is 22.8 Å². The lowest BCUT2D eigenvalue weighted by atomic mass is 10.1. The van der Waals surface area contributed by atoms with Gasteiger partial charge in [-0.3, -0.25) is 0 Å². The first kappa shape index (κ1) is 13.3. The zero-order valence-electron chi connectivity index (χ0n) is 13.1. The number of nitrogens with zero attached hydrogens (tertiary/aromatic N) is 4. The van der Waals surface area contributed by atoms with E-state index in [2.05, 4.69) is 60.7 Å². The summed E-state index contributed by atoms with van der Waals surface area (Å²) in [6.07, 6.45) is 5.69. The average molecular weight is 312 g/mol. The van der Waals surface area contributed by atoms with Gasteiger partial charge in [-0.2, -0.15) is 10.2 Å². The highest BCUT2D eigenvalue weighted by atomic mass is 15.3. The first-order valence-corrected chi connectivity index (χ1v) is 8.11. The zero-order valence-corrected chi connectivity index (χ0v) is 13.1. The summed E-state index contributed by atoms with van der Waals surface area (Å²) in [5, 5.41) is 9.47. The molecular weight excluding hydrogens is 296 g/mol. The molecule has 0 spiro atoms. The first-order chi connectivity index (χ1) is 11.8. The average Bonchev–Trinajstić information content (AvgIpc) is 3.24. The van der Waals surface area contributed by atoms with Crippen LogP contribution in [0.1, 0.15) is 22.5 Å². The third-order valence-electron chi connectivity index (χ3n) is 4.41. The van der Waals surface area contributed by atoms with Gasteiger partial charge >= 0.3 is 0 Å². The van der Waals surface area contributed by atoms with Crippen LogP contribution in [-0.4, -0.2) is 19.6 Å². The van der Waals surface area contributed by atoms with Crippen LogP contribution in [0.5, 0.6) is 0 Å². The van der Waals surface area contributed by atoms with Crippen molar-refractivity contribution < 1.29 is 0 Å². The van der Waals surface area contributed by atoms with Crippen LogP contribution in [0, 0.1) is 0 Å². The van der Waals surface area contributed by atoms with Gasteiger partial charge < -0.3 is 0 Å². The molecule has 8 bridgehead atoms. The second-order valence-corrected chi connectivity index (χ2v) is 6.20. The van der Waals surface area contributed by atoms with Crippen LogP contribution in [-0.2, 0) is 12.8 Å². The largest absolute Gasteiger partial charge is 0.241 e. The van der Waals surface area contributed by atoms with Crippen LogP contribution in [0.15, 0.2) is 73.1 Å². The summed E-state index contributed by atoms with van der Waals surface area (Å²) in [4.78, 5) is 0. The Bertz CT molecular complexity index is 942. The monoisotopic (exact) mass is 312 g/mol. The number of hydrogen-bond acceptors (Lipinski definition) is 2. The topological polar surface area (TPSA) is 35.6 Å². The Balaban J connectivity index is 1.70. The fourth-order valence-corrected chi connectivity index (χ4v) is 3.24. The van der Waals surface area contributed by atoms with Gasteiger partial charge in [0.25, 0.3) is 0 Å². The number of rotatable bonds is 0. The van der Waals surface area contributed by atoms with Gasteiger partial charge in [-0.1, -0.05) is 24.3 Å². The summed E-state index contributed by atoms with van der Waals surface area (Å²) >= 11 is 0. The Morgan fingerprint density at radius 1 is 0.625 bits per heavy atom. The highest BCUT2D eigenvalue weighted by Gasteiger charge is 2.08. The number of benzene rings is 2. The Morgan fingerprint density at radius 3 is 1.62 bits per heavy atom. The summed E-state index contributed by atoms with van der Waals surface area (Å²) in [6, 6.07) is 21.2. The predicted molar refractivity (Wildman–Crippen MR) is 92.7 cm³/mol. The van der Waals surface area contributed by atoms with E-state index in [-0.39, 0.29) is 0 Å². The minimum absolute atomic E-state index is 0.814. The molecule has 0 unspecified atom stereocenters. The van der Waals surface area contributed by atoms with Crippen LogP contribution >= 0.6 is 0 Å². The van der Waals surface area contributed by atoms with Gasteiger partial charge in [-0.25, -0.2) is 9.36 Å². The molecule has 0 N–H and O–H groups in total. The highest BCUT2D eigenvalue weighted by molar-refractivity contribution is 5.40. The molecule has 1 aliphatic rings. The zero-order chi connectivity index (χ0) is 15.9. The molecule has 24 heavy (non-hydrogen) atoms. The van der Waals surface area contributed by atoms with Gasteiger partial charge in [0.2, 0.25) is 0 Å². The molecule has 4 aromatic rings. The molecule has 1 aliphatic heterocycles. The van der Waals surface area contributed by atoms with Gasteiger partial charge in [-0.15, -0.1) is 0 Å². The van der Waals surface area contributed by atoms with E-state index in [0.29, 0.717) is 0 Å². The van der Waals surface area contributed by atoms with E-state index in [1.165, 1.54) is 11.1 Å². The maximum Gasteiger partial charge on any atom is 0.0672 e. The summed E-state index contributed by atoms with van der Waals surface area (Å²) in [7, 11) is 0. The van der Waals surface area contributed by atoms with E-state index in [1.54, 1.807) is 0 Å². The summed E-state index contributed by atoms with van der Waals surface area (Å²) in [6.45, 7) is 0. The van der Waals surface area contributed by atoms with Crippen LogP contribution < -0.4 is 0 Å². The minimum atomic E-state index is 0.814. The molecule has 0 saturated carbocycles. The van der Waals surface area contributed by atoms with Crippen LogP contribution in [0.3, 0.4) is 0 Å². The molecule has 0 amide bonds. The quantitative estimate of drug-likeness (QED) is 0.438. The molecule has 0 atom stereocenters. The van der Waals surface area contributed by atoms with Gasteiger partial charge in [-0.05, 0) is 47.5 Å². The van der Waals surface area contributed by atoms with Crippen LogP contribution in [0.25, 0.3) is 11.4 Å². The van der Waals surface area contributed by atoms with E-state index < -0.39 is 0 Å². The number of aromatic nitrogens is 4. The van der Waals surface area contributed by atoms with Crippen molar-refractivity contribution in [2.24, 2.45) is 0 Å². The lowest BCUT2D eigenvalue weighted by Crippen LogP contribution is -2.01. The van der Waals surface area contributed by atoms with Gasteiger partial charge in [0, 0.05) is 25.2 Å². The van der Waals surface area contributed by atoms with Crippen molar-refractivity contribution in [2.45, 2.75) is 12.8 Å². The summed E-state index contributed by atoms with van der Waals surface area (Å²) in [5.74, 6) is 0. The molecule has 116 valence electrons. The molecule has 0 fully saturated rings. The second-order valence-electron chi connectivity index (χ2n) is 6.20. The molecule has 3 heterocycles. The second kappa shape index (κ2) is 5.20. The molecule has 2 aromatic heterocycles. The maximum absolute atomic E-state index is 4.74. The van der Waals surface area contributed by atoms with E-state index in [9.17, 15) is 0 Å². The smallest absolute Gasteiger partial charge is 0.0672 e. The normalized spacial score (nSPS) is 12.7. The first-order valence-electron chi connectivity index (χ1n) is 8.11. The lowest BCUT2D eigenvalue weighted by Gasteiger charge is -2.07. The molecule has 4 heteroatoms. The Hall–Kier alpha value is -3.14. The molecule has 4 nitrogen and oxygen atoms in total. The van der Waals surface area contributed by atoms with Crippen molar-refractivity contribution in [1.29, 1.82) is 0 Å². The van der Waals surface area contributed by atoms with E-state index in [0.717, 1.165) is 35.6 Å². The van der Waals surface area contributed by atoms with Crippen molar-refractivity contribution in [3.05, 3.63) is 95.6 Å². The summed E-state index contributed by atoms with van der Waals surface area (Å²) in [5.41, 5.74) is 6.78. The van der Waals surface area contributed by atoms with Crippen molar-refractivity contribution in [2.75, 3.05) is 0 Å². The Morgan fingerprint density at radius 2 is 1.12 bits per heavy atom. The van der Waals surface area contributed by atoms with Crippen molar-refractivity contribution in [3.63, 3.8) is 0 Å². The van der Waals surface area contributed by atoms with E-state index >= 15 is 0 Å². The highest BCUT2D eigenvalue weighted by Crippen LogP contribution is 2.18. The number of fused-ring (bicyclic) bond motifs is 10. The molecular formula is C20H16N4. The predicted octanol–water partition coefficient (Wildman–Crippen LogP) is 3.55. The fraction of sp³-hybridized carbons (Fsp3) is 0.100. The molecule has 0 saturated heterocycles. The van der Waals surface area contributed by atoms with Crippen molar-refractivity contribution in [3.8, 4) is 11.4 Å². The molecule has 5 rings (SSSR count). The van der Waals surface area contributed by atoms with Crippen molar-refractivity contribution in [1.82, 2.24) is 19.6 Å². The van der Waals surface area contributed by atoms with Gasteiger partial charge in [0.1, 0.15) is 0 Å². The van der Waals surface area contributed by atoms with Crippen LogP contribution in [0.2, 0.25) is 0 Å². The molecule has 2 aromatic carbocycles.